The van der Waals surface area contributed by atoms with Crippen molar-refractivity contribution in [3.05, 3.63) is 80.9 Å². The van der Waals surface area contributed by atoms with Gasteiger partial charge in [-0.3, -0.25) is 14.0 Å². The van der Waals surface area contributed by atoms with Gasteiger partial charge in [0.25, 0.3) is 11.5 Å². The molecule has 0 aliphatic heterocycles. The maximum absolute atomic E-state index is 12.4. The van der Waals surface area contributed by atoms with Gasteiger partial charge in [0.05, 0.1) is 0 Å². The van der Waals surface area contributed by atoms with Crippen molar-refractivity contribution < 1.29 is 4.79 Å². The number of benzene rings is 1. The van der Waals surface area contributed by atoms with E-state index in [2.05, 4.69) is 10.3 Å². The Morgan fingerprint density at radius 2 is 2.13 bits per heavy atom. The van der Waals surface area contributed by atoms with Crippen LogP contribution in [0.4, 0.5) is 0 Å². The molecule has 5 nitrogen and oxygen atoms in total. The van der Waals surface area contributed by atoms with Crippen LogP contribution in [0.15, 0.2) is 53.6 Å². The van der Waals surface area contributed by atoms with Gasteiger partial charge in [-0.2, -0.15) is 0 Å². The Hall–Kier alpha value is -2.66. The number of hydrogen-bond acceptors (Lipinski definition) is 3. The molecular formula is C17H14ClN3O2. The molecule has 2 aromatic heterocycles. The highest BCUT2D eigenvalue weighted by atomic mass is 35.5. The van der Waals surface area contributed by atoms with E-state index in [-0.39, 0.29) is 17.7 Å². The number of amides is 1. The van der Waals surface area contributed by atoms with Crippen molar-refractivity contribution in [1.29, 1.82) is 0 Å². The fraction of sp³-hybridized carbons (Fsp3) is 0.118. The molecule has 1 aromatic carbocycles. The van der Waals surface area contributed by atoms with Gasteiger partial charge in [0.2, 0.25) is 0 Å². The number of carbonyl (C=O) groups is 1. The Morgan fingerprint density at radius 1 is 1.30 bits per heavy atom. The largest absolute Gasteiger partial charge is 0.348 e. The zero-order valence-corrected chi connectivity index (χ0v) is 13.2. The zero-order chi connectivity index (χ0) is 16.4. The minimum atomic E-state index is -0.460. The van der Waals surface area contributed by atoms with Gasteiger partial charge < -0.3 is 5.32 Å². The number of aromatic nitrogens is 2. The molecule has 23 heavy (non-hydrogen) atoms. The molecular weight excluding hydrogens is 314 g/mol. The molecule has 0 fully saturated rings. The van der Waals surface area contributed by atoms with Crippen molar-refractivity contribution in [3.8, 4) is 0 Å². The van der Waals surface area contributed by atoms with Crippen molar-refractivity contribution in [1.82, 2.24) is 14.7 Å². The summed E-state index contributed by atoms with van der Waals surface area (Å²) in [6.07, 6.45) is 2.97. The van der Waals surface area contributed by atoms with Crippen LogP contribution >= 0.6 is 11.6 Å². The number of nitrogens with zero attached hydrogens (tertiary/aromatic N) is 2. The monoisotopic (exact) mass is 327 g/mol. The minimum Gasteiger partial charge on any atom is -0.348 e. The predicted molar refractivity (Wildman–Crippen MR) is 88.8 cm³/mol. The standard InChI is InChI=1S/C17H14ClN3O2/c1-11-5-6-15-19-9-14(17(23)21(15)10-11)16(22)20-8-12-3-2-4-13(18)7-12/h2-7,9-10H,8H2,1H3,(H,20,22). The summed E-state index contributed by atoms with van der Waals surface area (Å²) in [5, 5.41) is 3.31. The molecule has 1 amide bonds. The summed E-state index contributed by atoms with van der Waals surface area (Å²) in [5.41, 5.74) is 1.90. The molecule has 0 aliphatic rings. The lowest BCUT2D eigenvalue weighted by atomic mass is 10.2. The number of fused-ring (bicyclic) bond motifs is 1. The number of pyridine rings is 1. The maximum Gasteiger partial charge on any atom is 0.270 e. The first-order valence-corrected chi connectivity index (χ1v) is 7.43. The van der Waals surface area contributed by atoms with E-state index in [9.17, 15) is 9.59 Å². The van der Waals surface area contributed by atoms with Gasteiger partial charge in [-0.1, -0.05) is 29.8 Å². The average molecular weight is 328 g/mol. The summed E-state index contributed by atoms with van der Waals surface area (Å²) in [6.45, 7) is 2.16. The molecule has 2 heterocycles. The van der Waals surface area contributed by atoms with E-state index in [0.29, 0.717) is 10.7 Å². The predicted octanol–water partition coefficient (Wildman–Crippen LogP) is 2.59. The fourth-order valence-electron chi connectivity index (χ4n) is 2.26. The van der Waals surface area contributed by atoms with Crippen LogP contribution in [0.5, 0.6) is 0 Å². The summed E-state index contributed by atoms with van der Waals surface area (Å²) in [4.78, 5) is 28.8. The lowest BCUT2D eigenvalue weighted by Gasteiger charge is -2.07. The second-order valence-corrected chi connectivity index (χ2v) is 5.66. The summed E-state index contributed by atoms with van der Waals surface area (Å²) >= 11 is 5.91. The molecule has 0 bridgehead atoms. The first kappa shape index (κ1) is 15.2. The van der Waals surface area contributed by atoms with E-state index in [1.165, 1.54) is 10.6 Å². The molecule has 0 unspecified atom stereocenters. The van der Waals surface area contributed by atoms with E-state index in [0.717, 1.165) is 11.1 Å². The van der Waals surface area contributed by atoms with Gasteiger partial charge in [-0.05, 0) is 36.2 Å². The Balaban J connectivity index is 1.86. The second-order valence-electron chi connectivity index (χ2n) is 5.22. The topological polar surface area (TPSA) is 63.5 Å². The van der Waals surface area contributed by atoms with Crippen LogP contribution in [-0.2, 0) is 6.54 Å². The highest BCUT2D eigenvalue weighted by molar-refractivity contribution is 6.30. The first-order chi connectivity index (χ1) is 11.0. The van der Waals surface area contributed by atoms with Gasteiger partial charge in [0.15, 0.2) is 0 Å². The molecule has 0 radical (unpaired) electrons. The number of carbonyl (C=O) groups excluding carboxylic acids is 1. The first-order valence-electron chi connectivity index (χ1n) is 7.05. The van der Waals surface area contributed by atoms with Crippen LogP contribution in [0.3, 0.4) is 0 Å². The van der Waals surface area contributed by atoms with Gasteiger partial charge >= 0.3 is 0 Å². The van der Waals surface area contributed by atoms with Crippen LogP contribution < -0.4 is 10.9 Å². The Kier molecular flexibility index (Phi) is 4.12. The Bertz CT molecular complexity index is 950. The molecule has 116 valence electrons. The number of aryl methyl sites for hydroxylation is 1. The normalized spacial score (nSPS) is 10.7. The number of nitrogens with one attached hydrogen (secondary N) is 1. The molecule has 0 saturated carbocycles. The van der Waals surface area contributed by atoms with Crippen molar-refractivity contribution in [3.63, 3.8) is 0 Å². The third kappa shape index (κ3) is 3.24. The van der Waals surface area contributed by atoms with E-state index >= 15 is 0 Å². The van der Waals surface area contributed by atoms with Crippen molar-refractivity contribution in [2.75, 3.05) is 0 Å². The lowest BCUT2D eigenvalue weighted by molar-refractivity contribution is 0.0949. The van der Waals surface area contributed by atoms with Crippen LogP contribution in [0, 0.1) is 6.92 Å². The highest BCUT2D eigenvalue weighted by Crippen LogP contribution is 2.10. The molecule has 0 spiro atoms. The third-order valence-corrected chi connectivity index (χ3v) is 3.67. The third-order valence-electron chi connectivity index (χ3n) is 3.44. The Labute approximate surface area is 137 Å². The number of halogens is 1. The second kappa shape index (κ2) is 6.22. The molecule has 1 N–H and O–H groups in total. The van der Waals surface area contributed by atoms with Crippen molar-refractivity contribution in [2.45, 2.75) is 13.5 Å². The minimum absolute atomic E-state index is 0.00938. The van der Waals surface area contributed by atoms with Gasteiger partial charge in [-0.25, -0.2) is 4.98 Å². The highest BCUT2D eigenvalue weighted by Gasteiger charge is 2.13. The SMILES string of the molecule is Cc1ccc2ncc(C(=O)NCc3cccc(Cl)c3)c(=O)n2c1. The zero-order valence-electron chi connectivity index (χ0n) is 12.4. The van der Waals surface area contributed by atoms with E-state index in [1.54, 1.807) is 30.5 Å². The van der Waals surface area contributed by atoms with Crippen LogP contribution in [0.2, 0.25) is 5.02 Å². The maximum atomic E-state index is 12.4. The lowest BCUT2D eigenvalue weighted by Crippen LogP contribution is -2.31. The van der Waals surface area contributed by atoms with Gasteiger partial charge in [0.1, 0.15) is 11.2 Å². The van der Waals surface area contributed by atoms with E-state index in [4.69, 9.17) is 11.6 Å². The summed E-state index contributed by atoms with van der Waals surface area (Å²) < 4.78 is 1.38. The molecule has 0 atom stereocenters. The van der Waals surface area contributed by atoms with Gasteiger partial charge in [-0.15, -0.1) is 0 Å². The number of hydrogen-bond donors (Lipinski definition) is 1. The molecule has 0 aliphatic carbocycles. The van der Waals surface area contributed by atoms with Gasteiger partial charge in [0, 0.05) is 24.0 Å². The van der Waals surface area contributed by atoms with Crippen molar-refractivity contribution in [2.24, 2.45) is 0 Å². The molecule has 6 heteroatoms. The van der Waals surface area contributed by atoms with E-state index in [1.807, 2.05) is 19.1 Å². The van der Waals surface area contributed by atoms with Crippen molar-refractivity contribution >= 4 is 23.2 Å². The smallest absolute Gasteiger partial charge is 0.270 e. The number of rotatable bonds is 3. The van der Waals surface area contributed by atoms with Crippen LogP contribution in [0.25, 0.3) is 5.65 Å². The van der Waals surface area contributed by atoms with Crippen LogP contribution in [-0.4, -0.2) is 15.3 Å². The summed E-state index contributed by atoms with van der Waals surface area (Å²) in [5.74, 6) is -0.460. The summed E-state index contributed by atoms with van der Waals surface area (Å²) in [7, 11) is 0. The fourth-order valence-corrected chi connectivity index (χ4v) is 2.48. The molecule has 3 rings (SSSR count). The van der Waals surface area contributed by atoms with E-state index < -0.39 is 5.91 Å². The Morgan fingerprint density at radius 3 is 2.91 bits per heavy atom. The summed E-state index contributed by atoms with van der Waals surface area (Å²) in [6, 6.07) is 10.8. The molecule has 3 aromatic rings. The quantitative estimate of drug-likeness (QED) is 0.804. The molecule has 0 saturated heterocycles. The van der Waals surface area contributed by atoms with Crippen LogP contribution in [0.1, 0.15) is 21.5 Å². The average Bonchev–Trinajstić information content (AvgIpc) is 2.53.